The molecule has 1 atom stereocenters. The molecule has 1 rings (SSSR count). The number of alkyl halides is 6. The lowest BCUT2D eigenvalue weighted by atomic mass is 9.88. The number of nitrogens with zero attached hydrogens (tertiary/aromatic N) is 4. The molecule has 0 fully saturated rings. The zero-order valence-corrected chi connectivity index (χ0v) is 14.5. The Bertz CT molecular complexity index is 696. The first-order valence-corrected chi connectivity index (χ1v) is 7.61. The van der Waals surface area contributed by atoms with Crippen LogP contribution in [0.3, 0.4) is 0 Å². The molecule has 1 heterocycles. The SMILES string of the molecule is [C-]#[N+]C(C#N)(CCC(F)(F)F)Cc1cc(C(C)(C)C)nn1CC(F)(F)F. The highest BCUT2D eigenvalue weighted by atomic mass is 19.4. The van der Waals surface area contributed by atoms with Gasteiger partial charge in [-0.15, -0.1) is 0 Å². The second kappa shape index (κ2) is 7.18. The summed E-state index contributed by atoms with van der Waals surface area (Å²) in [5.74, 6) is 0. The summed E-state index contributed by atoms with van der Waals surface area (Å²) < 4.78 is 76.4. The van der Waals surface area contributed by atoms with Crippen LogP contribution in [0.25, 0.3) is 4.85 Å². The van der Waals surface area contributed by atoms with E-state index in [9.17, 15) is 31.6 Å². The van der Waals surface area contributed by atoms with E-state index >= 15 is 0 Å². The molecule has 0 saturated carbocycles. The summed E-state index contributed by atoms with van der Waals surface area (Å²) in [4.78, 5) is 3.01. The number of halogens is 6. The van der Waals surface area contributed by atoms with E-state index in [2.05, 4.69) is 9.94 Å². The van der Waals surface area contributed by atoms with Gasteiger partial charge in [0.05, 0.1) is 18.5 Å². The molecule has 0 aliphatic rings. The van der Waals surface area contributed by atoms with Gasteiger partial charge >= 0.3 is 17.9 Å². The third-order valence-corrected chi connectivity index (χ3v) is 3.68. The van der Waals surface area contributed by atoms with Gasteiger partial charge in [-0.2, -0.15) is 36.7 Å². The van der Waals surface area contributed by atoms with Gasteiger partial charge in [0.25, 0.3) is 0 Å². The van der Waals surface area contributed by atoms with Crippen molar-refractivity contribution in [3.63, 3.8) is 0 Å². The standard InChI is InChI=1S/C16H18F6N4/c1-13(2,3)12-7-11(26(25-12)10-16(20,21)22)8-14(9-23,24-4)5-6-15(17,18)19/h7H,5-6,8,10H2,1-3H3. The first kappa shape index (κ1) is 21.8. The summed E-state index contributed by atoms with van der Waals surface area (Å²) in [6.07, 6.45) is -11.9. The fourth-order valence-electron chi connectivity index (χ4n) is 2.22. The van der Waals surface area contributed by atoms with Crippen LogP contribution in [0.2, 0.25) is 0 Å². The van der Waals surface area contributed by atoms with Crippen LogP contribution < -0.4 is 0 Å². The van der Waals surface area contributed by atoms with Gasteiger partial charge in [-0.1, -0.05) is 20.8 Å². The van der Waals surface area contributed by atoms with Crippen LogP contribution in [-0.2, 0) is 18.4 Å². The van der Waals surface area contributed by atoms with Crippen molar-refractivity contribution in [2.24, 2.45) is 0 Å². The van der Waals surface area contributed by atoms with Crippen molar-refractivity contribution in [1.82, 2.24) is 9.78 Å². The summed E-state index contributed by atoms with van der Waals surface area (Å²) >= 11 is 0. The van der Waals surface area contributed by atoms with Crippen LogP contribution >= 0.6 is 0 Å². The molecule has 0 spiro atoms. The van der Waals surface area contributed by atoms with Crippen LogP contribution in [0.4, 0.5) is 26.3 Å². The maximum absolute atomic E-state index is 12.8. The molecule has 26 heavy (non-hydrogen) atoms. The van der Waals surface area contributed by atoms with Crippen LogP contribution in [0.5, 0.6) is 0 Å². The maximum Gasteiger partial charge on any atom is 0.408 e. The van der Waals surface area contributed by atoms with Crippen LogP contribution in [0.15, 0.2) is 6.07 Å². The molecule has 144 valence electrons. The molecule has 0 aliphatic carbocycles. The highest BCUT2D eigenvalue weighted by Crippen LogP contribution is 2.32. The lowest BCUT2D eigenvalue weighted by Crippen LogP contribution is -2.30. The fourth-order valence-corrected chi connectivity index (χ4v) is 2.22. The van der Waals surface area contributed by atoms with Gasteiger partial charge < -0.3 is 0 Å². The maximum atomic E-state index is 12.8. The minimum atomic E-state index is -4.60. The van der Waals surface area contributed by atoms with Gasteiger partial charge in [0.2, 0.25) is 0 Å². The molecule has 0 radical (unpaired) electrons. The molecule has 1 unspecified atom stereocenters. The molecule has 0 amide bonds. The Hall–Kier alpha value is -2.23. The van der Waals surface area contributed by atoms with E-state index in [0.29, 0.717) is 10.4 Å². The molecule has 0 N–H and O–H groups in total. The Morgan fingerprint density at radius 1 is 1.12 bits per heavy atom. The molecule has 0 saturated heterocycles. The minimum Gasteiger partial charge on any atom is -0.294 e. The first-order valence-electron chi connectivity index (χ1n) is 7.61. The van der Waals surface area contributed by atoms with Gasteiger partial charge in [-0.05, 0) is 6.07 Å². The van der Waals surface area contributed by atoms with E-state index in [1.54, 1.807) is 26.8 Å². The van der Waals surface area contributed by atoms with Crippen molar-refractivity contribution in [2.45, 2.75) is 69.9 Å². The largest absolute Gasteiger partial charge is 0.408 e. The summed E-state index contributed by atoms with van der Waals surface area (Å²) in [7, 11) is 0. The molecule has 1 aromatic heterocycles. The van der Waals surface area contributed by atoms with E-state index in [4.69, 9.17) is 6.57 Å². The van der Waals surface area contributed by atoms with Crippen molar-refractivity contribution in [3.8, 4) is 6.07 Å². The second-order valence-corrected chi connectivity index (χ2v) is 7.09. The highest BCUT2D eigenvalue weighted by molar-refractivity contribution is 5.26. The monoisotopic (exact) mass is 380 g/mol. The average molecular weight is 380 g/mol. The van der Waals surface area contributed by atoms with Crippen molar-refractivity contribution in [1.29, 1.82) is 5.26 Å². The average Bonchev–Trinajstić information content (AvgIpc) is 2.83. The summed E-state index contributed by atoms with van der Waals surface area (Å²) in [6, 6.07) is 2.86. The van der Waals surface area contributed by atoms with Crippen LogP contribution in [0.1, 0.15) is 45.0 Å². The molecule has 0 bridgehead atoms. The van der Waals surface area contributed by atoms with Crippen molar-refractivity contribution in [3.05, 3.63) is 28.9 Å². The van der Waals surface area contributed by atoms with Crippen molar-refractivity contribution < 1.29 is 26.3 Å². The summed E-state index contributed by atoms with van der Waals surface area (Å²) in [5, 5.41) is 13.1. The number of rotatable bonds is 5. The topological polar surface area (TPSA) is 46.0 Å². The van der Waals surface area contributed by atoms with Gasteiger partial charge in [-0.3, -0.25) is 9.53 Å². The van der Waals surface area contributed by atoms with Crippen molar-refractivity contribution in [2.75, 3.05) is 0 Å². The quantitative estimate of drug-likeness (QED) is 0.544. The predicted molar refractivity (Wildman–Crippen MR) is 80.9 cm³/mol. The predicted octanol–water partition coefficient (Wildman–Crippen LogP) is 4.81. The second-order valence-electron chi connectivity index (χ2n) is 7.09. The molecule has 1 aromatic rings. The van der Waals surface area contributed by atoms with E-state index in [-0.39, 0.29) is 5.69 Å². The Kier molecular flexibility index (Phi) is 6.02. The molecular weight excluding hydrogens is 362 g/mol. The number of nitriles is 1. The minimum absolute atomic E-state index is 0.0908. The normalized spacial score (nSPS) is 15.2. The molecule has 0 aromatic carbocycles. The van der Waals surface area contributed by atoms with E-state index < -0.39 is 49.1 Å². The van der Waals surface area contributed by atoms with Gasteiger partial charge in [0, 0.05) is 17.5 Å². The Morgan fingerprint density at radius 3 is 2.08 bits per heavy atom. The lowest BCUT2D eigenvalue weighted by Gasteiger charge is -2.17. The Balaban J connectivity index is 3.28. The molecule has 10 heteroatoms. The zero-order valence-electron chi connectivity index (χ0n) is 14.5. The third kappa shape index (κ3) is 6.25. The summed E-state index contributed by atoms with van der Waals surface area (Å²) in [5.41, 5.74) is -2.50. The van der Waals surface area contributed by atoms with Crippen LogP contribution in [0, 0.1) is 17.9 Å². The van der Waals surface area contributed by atoms with Gasteiger partial charge in [-0.25, -0.2) is 6.57 Å². The molecular formula is C16H18F6N4. The highest BCUT2D eigenvalue weighted by Gasteiger charge is 2.43. The Morgan fingerprint density at radius 2 is 1.69 bits per heavy atom. The number of hydrogen-bond acceptors (Lipinski definition) is 2. The van der Waals surface area contributed by atoms with Crippen LogP contribution in [-0.4, -0.2) is 27.7 Å². The van der Waals surface area contributed by atoms with E-state index in [0.717, 1.165) is 0 Å². The third-order valence-electron chi connectivity index (χ3n) is 3.68. The molecule has 4 nitrogen and oxygen atoms in total. The van der Waals surface area contributed by atoms with Crippen molar-refractivity contribution >= 4 is 0 Å². The fraction of sp³-hybridized carbons (Fsp3) is 0.688. The number of hydrogen-bond donors (Lipinski definition) is 0. The lowest BCUT2D eigenvalue weighted by molar-refractivity contribution is -0.143. The van der Waals surface area contributed by atoms with Gasteiger partial charge in [0.15, 0.2) is 6.07 Å². The summed E-state index contributed by atoms with van der Waals surface area (Å²) in [6.45, 7) is 10.8. The smallest absolute Gasteiger partial charge is 0.294 e. The number of aromatic nitrogens is 2. The Labute approximate surface area is 147 Å². The zero-order chi connectivity index (χ0) is 20.4. The van der Waals surface area contributed by atoms with E-state index in [1.165, 1.54) is 6.07 Å². The molecule has 0 aliphatic heterocycles. The van der Waals surface area contributed by atoms with E-state index in [1.807, 2.05) is 0 Å². The first-order chi connectivity index (χ1) is 11.6. The van der Waals surface area contributed by atoms with Gasteiger partial charge in [0.1, 0.15) is 6.54 Å².